The van der Waals surface area contributed by atoms with Gasteiger partial charge >= 0.3 is 0 Å². The molecule has 0 unspecified atom stereocenters. The molecule has 0 spiro atoms. The predicted molar refractivity (Wildman–Crippen MR) is 79.0 cm³/mol. The van der Waals surface area contributed by atoms with E-state index in [0.29, 0.717) is 12.2 Å². The standard InChI is InChI=1S/C13H17N5OS/c1-9-17-11(8-20-9)4-6-15-7-10-3-2-5-16-12(10)13(14)18-19/h2-3,5,8,15,19H,4,6-7H2,1H3,(H2,14,18). The molecule has 0 saturated heterocycles. The van der Waals surface area contributed by atoms with Gasteiger partial charge in [-0.25, -0.2) is 4.98 Å². The van der Waals surface area contributed by atoms with Gasteiger partial charge < -0.3 is 16.3 Å². The second kappa shape index (κ2) is 6.97. The minimum Gasteiger partial charge on any atom is -0.409 e. The lowest BCUT2D eigenvalue weighted by Crippen LogP contribution is -2.22. The van der Waals surface area contributed by atoms with E-state index in [4.69, 9.17) is 10.9 Å². The molecule has 2 aromatic heterocycles. The maximum absolute atomic E-state index is 8.73. The highest BCUT2D eigenvalue weighted by atomic mass is 32.1. The molecular weight excluding hydrogens is 274 g/mol. The van der Waals surface area contributed by atoms with Crippen molar-refractivity contribution in [2.24, 2.45) is 10.9 Å². The Balaban J connectivity index is 1.88. The summed E-state index contributed by atoms with van der Waals surface area (Å²) in [6.07, 6.45) is 2.50. The number of aryl methyl sites for hydroxylation is 1. The first-order valence-electron chi connectivity index (χ1n) is 6.24. The lowest BCUT2D eigenvalue weighted by atomic mass is 10.2. The SMILES string of the molecule is Cc1nc(CCNCc2cccnc2/C(N)=N/O)cs1. The van der Waals surface area contributed by atoms with Crippen molar-refractivity contribution < 1.29 is 5.21 Å². The minimum absolute atomic E-state index is 0.0255. The number of rotatable bonds is 6. The van der Waals surface area contributed by atoms with Crippen LogP contribution in [-0.4, -0.2) is 27.6 Å². The summed E-state index contributed by atoms with van der Waals surface area (Å²) in [5.41, 5.74) is 8.10. The van der Waals surface area contributed by atoms with Crippen LogP contribution in [0.15, 0.2) is 28.9 Å². The average molecular weight is 291 g/mol. The predicted octanol–water partition coefficient (Wildman–Crippen LogP) is 1.27. The number of hydrogen-bond donors (Lipinski definition) is 3. The third kappa shape index (κ3) is 3.75. The van der Waals surface area contributed by atoms with Gasteiger partial charge in [-0.1, -0.05) is 11.2 Å². The molecule has 0 aliphatic heterocycles. The molecule has 2 rings (SSSR count). The minimum atomic E-state index is 0.0255. The van der Waals surface area contributed by atoms with Crippen LogP contribution in [0.2, 0.25) is 0 Å². The third-order valence-corrected chi connectivity index (χ3v) is 3.60. The van der Waals surface area contributed by atoms with Crippen molar-refractivity contribution in [2.45, 2.75) is 19.9 Å². The summed E-state index contributed by atoms with van der Waals surface area (Å²) in [6.45, 7) is 3.43. The first-order chi connectivity index (χ1) is 9.70. The Kier molecular flexibility index (Phi) is 5.03. The maximum Gasteiger partial charge on any atom is 0.189 e. The second-order valence-electron chi connectivity index (χ2n) is 4.28. The fourth-order valence-electron chi connectivity index (χ4n) is 1.82. The highest BCUT2D eigenvalue weighted by Crippen LogP contribution is 2.08. The van der Waals surface area contributed by atoms with Crippen molar-refractivity contribution in [2.75, 3.05) is 6.54 Å². The lowest BCUT2D eigenvalue weighted by molar-refractivity contribution is 0.318. The zero-order chi connectivity index (χ0) is 14.4. The molecule has 2 heterocycles. The van der Waals surface area contributed by atoms with Crippen LogP contribution in [0.3, 0.4) is 0 Å². The third-order valence-electron chi connectivity index (χ3n) is 2.78. The summed E-state index contributed by atoms with van der Waals surface area (Å²) in [5, 5.41) is 18.2. The van der Waals surface area contributed by atoms with Crippen molar-refractivity contribution in [1.82, 2.24) is 15.3 Å². The highest BCUT2D eigenvalue weighted by molar-refractivity contribution is 7.09. The molecule has 0 saturated carbocycles. The summed E-state index contributed by atoms with van der Waals surface area (Å²) in [5.74, 6) is 0.0255. The van der Waals surface area contributed by atoms with Crippen molar-refractivity contribution >= 4 is 17.2 Å². The molecule has 6 nitrogen and oxygen atoms in total. The largest absolute Gasteiger partial charge is 0.409 e. The van der Waals surface area contributed by atoms with Crippen molar-refractivity contribution in [3.63, 3.8) is 0 Å². The van der Waals surface area contributed by atoms with Gasteiger partial charge in [-0.3, -0.25) is 4.98 Å². The van der Waals surface area contributed by atoms with Gasteiger partial charge in [0.15, 0.2) is 5.84 Å². The Labute approximate surface area is 121 Å². The molecule has 0 radical (unpaired) electrons. The zero-order valence-corrected chi connectivity index (χ0v) is 12.0. The molecule has 2 aromatic rings. The Bertz CT molecular complexity index is 596. The first kappa shape index (κ1) is 14.4. The number of hydrogen-bond acceptors (Lipinski definition) is 6. The quantitative estimate of drug-likeness (QED) is 0.245. The molecule has 0 fully saturated rings. The van der Waals surface area contributed by atoms with Gasteiger partial charge in [0.05, 0.1) is 10.7 Å². The number of thiazole rings is 1. The molecule has 0 aliphatic rings. The first-order valence-corrected chi connectivity index (χ1v) is 7.12. The van der Waals surface area contributed by atoms with Gasteiger partial charge in [0, 0.05) is 31.1 Å². The smallest absolute Gasteiger partial charge is 0.189 e. The number of nitrogens with one attached hydrogen (secondary N) is 1. The molecular formula is C13H17N5OS. The van der Waals surface area contributed by atoms with Crippen molar-refractivity contribution in [3.05, 3.63) is 45.7 Å². The van der Waals surface area contributed by atoms with Crippen molar-refractivity contribution in [1.29, 1.82) is 0 Å². The molecule has 0 bridgehead atoms. The van der Waals surface area contributed by atoms with E-state index in [-0.39, 0.29) is 5.84 Å². The van der Waals surface area contributed by atoms with Crippen LogP contribution in [0.4, 0.5) is 0 Å². The molecule has 7 heteroatoms. The Morgan fingerprint density at radius 3 is 3.10 bits per heavy atom. The van der Waals surface area contributed by atoms with Gasteiger partial charge in [0.1, 0.15) is 5.69 Å². The monoisotopic (exact) mass is 291 g/mol. The van der Waals surface area contributed by atoms with E-state index in [0.717, 1.165) is 29.2 Å². The van der Waals surface area contributed by atoms with Crippen LogP contribution < -0.4 is 11.1 Å². The van der Waals surface area contributed by atoms with E-state index in [1.807, 2.05) is 19.1 Å². The summed E-state index contributed by atoms with van der Waals surface area (Å²) in [6, 6.07) is 3.73. The summed E-state index contributed by atoms with van der Waals surface area (Å²) >= 11 is 1.66. The Hall–Kier alpha value is -1.99. The van der Waals surface area contributed by atoms with E-state index in [9.17, 15) is 0 Å². The maximum atomic E-state index is 8.73. The second-order valence-corrected chi connectivity index (χ2v) is 5.34. The molecule has 106 valence electrons. The van der Waals surface area contributed by atoms with E-state index < -0.39 is 0 Å². The van der Waals surface area contributed by atoms with Crippen LogP contribution in [0.5, 0.6) is 0 Å². The number of aromatic nitrogens is 2. The van der Waals surface area contributed by atoms with Gasteiger partial charge in [0.2, 0.25) is 0 Å². The fourth-order valence-corrected chi connectivity index (χ4v) is 2.47. The van der Waals surface area contributed by atoms with Gasteiger partial charge in [0.25, 0.3) is 0 Å². The molecule has 0 aliphatic carbocycles. The number of amidine groups is 1. The van der Waals surface area contributed by atoms with Crippen LogP contribution in [-0.2, 0) is 13.0 Å². The van der Waals surface area contributed by atoms with E-state index in [1.54, 1.807) is 17.5 Å². The summed E-state index contributed by atoms with van der Waals surface area (Å²) in [7, 11) is 0. The lowest BCUT2D eigenvalue weighted by Gasteiger charge is -2.08. The number of pyridine rings is 1. The molecule has 0 atom stereocenters. The van der Waals surface area contributed by atoms with E-state index in [2.05, 4.69) is 25.8 Å². The molecule has 4 N–H and O–H groups in total. The zero-order valence-electron chi connectivity index (χ0n) is 11.2. The summed E-state index contributed by atoms with van der Waals surface area (Å²) in [4.78, 5) is 8.53. The highest BCUT2D eigenvalue weighted by Gasteiger charge is 2.07. The average Bonchev–Trinajstić information content (AvgIpc) is 2.89. The number of nitrogens with zero attached hydrogens (tertiary/aromatic N) is 3. The Morgan fingerprint density at radius 2 is 2.40 bits per heavy atom. The van der Waals surface area contributed by atoms with Crippen LogP contribution >= 0.6 is 11.3 Å². The van der Waals surface area contributed by atoms with Gasteiger partial charge in [-0.05, 0) is 18.6 Å². The van der Waals surface area contributed by atoms with Gasteiger partial charge in [-0.15, -0.1) is 11.3 Å². The Morgan fingerprint density at radius 1 is 1.55 bits per heavy atom. The van der Waals surface area contributed by atoms with E-state index >= 15 is 0 Å². The van der Waals surface area contributed by atoms with E-state index in [1.165, 1.54) is 0 Å². The van der Waals surface area contributed by atoms with Crippen LogP contribution in [0, 0.1) is 6.92 Å². The van der Waals surface area contributed by atoms with Crippen molar-refractivity contribution in [3.8, 4) is 0 Å². The number of oxime groups is 1. The summed E-state index contributed by atoms with van der Waals surface area (Å²) < 4.78 is 0. The number of nitrogens with two attached hydrogens (primary N) is 1. The molecule has 0 amide bonds. The fraction of sp³-hybridized carbons (Fsp3) is 0.308. The van der Waals surface area contributed by atoms with Crippen LogP contribution in [0.25, 0.3) is 0 Å². The topological polar surface area (TPSA) is 96.4 Å². The van der Waals surface area contributed by atoms with Crippen LogP contribution in [0.1, 0.15) is 22.0 Å². The molecule has 20 heavy (non-hydrogen) atoms. The normalized spacial score (nSPS) is 11.8. The van der Waals surface area contributed by atoms with Gasteiger partial charge in [-0.2, -0.15) is 0 Å². The molecule has 0 aromatic carbocycles.